The van der Waals surface area contributed by atoms with Gasteiger partial charge in [-0.3, -0.25) is 0 Å². The zero-order valence-electron chi connectivity index (χ0n) is 36.6. The van der Waals surface area contributed by atoms with Crippen LogP contribution in [0.5, 0.6) is 0 Å². The summed E-state index contributed by atoms with van der Waals surface area (Å²) in [5.41, 5.74) is 16.2. The van der Waals surface area contributed by atoms with Crippen molar-refractivity contribution in [1.29, 1.82) is 0 Å². The number of thiophene rings is 1. The topological polar surface area (TPSA) is 8.17 Å². The van der Waals surface area contributed by atoms with E-state index < -0.39 is 0 Å². The molecule has 314 valence electrons. The van der Waals surface area contributed by atoms with Crippen LogP contribution in [0.25, 0.3) is 103 Å². The van der Waals surface area contributed by atoms with E-state index in [4.69, 9.17) is 0 Å². The summed E-state index contributed by atoms with van der Waals surface area (Å²) in [5.74, 6) is 0. The second-order valence-electron chi connectivity index (χ2n) is 17.3. The largest absolute Gasteiger partial charge is 0.310 e. The van der Waals surface area contributed by atoms with Crippen molar-refractivity contribution in [3.8, 4) is 50.2 Å². The molecule has 0 aliphatic heterocycles. The highest BCUT2D eigenvalue weighted by Gasteiger charge is 2.20. The van der Waals surface area contributed by atoms with Gasteiger partial charge >= 0.3 is 0 Å². The Morgan fingerprint density at radius 2 is 0.866 bits per heavy atom. The average Bonchev–Trinajstić information content (AvgIpc) is 3.95. The highest BCUT2D eigenvalue weighted by Crippen LogP contribution is 2.45. The highest BCUT2D eigenvalue weighted by molar-refractivity contribution is 7.25. The van der Waals surface area contributed by atoms with E-state index in [1.807, 2.05) is 11.3 Å². The Balaban J connectivity index is 0.973. The molecule has 13 aromatic rings. The van der Waals surface area contributed by atoms with Crippen LogP contribution in [0.15, 0.2) is 255 Å². The molecule has 0 aliphatic carbocycles. The Kier molecular flexibility index (Phi) is 9.40. The van der Waals surface area contributed by atoms with E-state index in [1.165, 1.54) is 75.0 Å². The van der Waals surface area contributed by atoms with Gasteiger partial charge in [-0.15, -0.1) is 11.3 Å². The first-order valence-corrected chi connectivity index (χ1v) is 23.7. The SMILES string of the molecule is c1ccc(-c2ccc(-c3ccc4ccccc4c3)cc2N(c2ccc(-c3cccc(-n4c5ccccc5c5ccccc54)c3)cc2)c2cccc(-c3ccc4sc5ccccc5c4c3)c2)cc1. The molecule has 0 saturated heterocycles. The molecule has 2 heterocycles. The van der Waals surface area contributed by atoms with Gasteiger partial charge in [0.1, 0.15) is 0 Å². The van der Waals surface area contributed by atoms with Crippen molar-refractivity contribution in [2.75, 3.05) is 4.90 Å². The molecule has 0 aliphatic rings. The molecule has 0 spiro atoms. The third-order valence-corrected chi connectivity index (χ3v) is 14.5. The predicted octanol–water partition coefficient (Wildman–Crippen LogP) is 18.4. The maximum absolute atomic E-state index is 2.45. The average molecular weight is 871 g/mol. The fraction of sp³-hybridized carbons (Fsp3) is 0. The fourth-order valence-corrected chi connectivity index (χ4v) is 11.2. The second kappa shape index (κ2) is 16.2. The Labute approximate surface area is 393 Å². The number of hydrogen-bond donors (Lipinski definition) is 0. The molecule has 2 nitrogen and oxygen atoms in total. The maximum atomic E-state index is 2.45. The molecule has 13 rings (SSSR count). The summed E-state index contributed by atoms with van der Waals surface area (Å²) < 4.78 is 5.02. The number of fused-ring (bicyclic) bond motifs is 7. The van der Waals surface area contributed by atoms with E-state index in [1.54, 1.807) is 0 Å². The maximum Gasteiger partial charge on any atom is 0.0546 e. The van der Waals surface area contributed by atoms with Crippen molar-refractivity contribution in [3.63, 3.8) is 0 Å². The lowest BCUT2D eigenvalue weighted by molar-refractivity contribution is 1.18. The smallest absolute Gasteiger partial charge is 0.0546 e. The molecule has 0 N–H and O–H groups in total. The van der Waals surface area contributed by atoms with E-state index in [9.17, 15) is 0 Å². The summed E-state index contributed by atoms with van der Waals surface area (Å²) in [6.07, 6.45) is 0. The number of benzene rings is 11. The van der Waals surface area contributed by atoms with Crippen LogP contribution >= 0.6 is 11.3 Å². The minimum Gasteiger partial charge on any atom is -0.310 e. The first-order chi connectivity index (χ1) is 33.2. The number of anilines is 3. The van der Waals surface area contributed by atoms with Gasteiger partial charge in [-0.1, -0.05) is 176 Å². The molecular formula is C64H42N2S. The van der Waals surface area contributed by atoms with Crippen LogP contribution in [0, 0.1) is 0 Å². The van der Waals surface area contributed by atoms with Crippen LogP contribution in [0.4, 0.5) is 17.1 Å². The van der Waals surface area contributed by atoms with E-state index in [0.717, 1.165) is 45.0 Å². The minimum absolute atomic E-state index is 1.08. The molecule has 0 saturated carbocycles. The number of para-hydroxylation sites is 2. The quantitative estimate of drug-likeness (QED) is 0.148. The summed E-state index contributed by atoms with van der Waals surface area (Å²) >= 11 is 1.86. The molecule has 0 radical (unpaired) electrons. The minimum atomic E-state index is 1.08. The van der Waals surface area contributed by atoms with Gasteiger partial charge < -0.3 is 9.47 Å². The van der Waals surface area contributed by atoms with Gasteiger partial charge in [-0.25, -0.2) is 0 Å². The van der Waals surface area contributed by atoms with E-state index in [0.29, 0.717) is 0 Å². The van der Waals surface area contributed by atoms with Crippen molar-refractivity contribution < 1.29 is 0 Å². The summed E-state index contributed by atoms with van der Waals surface area (Å²) in [5, 5.41) is 7.59. The van der Waals surface area contributed by atoms with Crippen LogP contribution in [-0.2, 0) is 0 Å². The third-order valence-electron chi connectivity index (χ3n) is 13.4. The first-order valence-electron chi connectivity index (χ1n) is 22.9. The van der Waals surface area contributed by atoms with Gasteiger partial charge in [0.25, 0.3) is 0 Å². The van der Waals surface area contributed by atoms with Gasteiger partial charge in [0, 0.05) is 53.6 Å². The second-order valence-corrected chi connectivity index (χ2v) is 18.4. The lowest BCUT2D eigenvalue weighted by Gasteiger charge is -2.29. The predicted molar refractivity (Wildman–Crippen MR) is 288 cm³/mol. The van der Waals surface area contributed by atoms with E-state index in [2.05, 4.69) is 264 Å². The zero-order valence-corrected chi connectivity index (χ0v) is 37.4. The van der Waals surface area contributed by atoms with Crippen molar-refractivity contribution in [2.45, 2.75) is 0 Å². The molecule has 0 atom stereocenters. The van der Waals surface area contributed by atoms with Crippen molar-refractivity contribution in [2.24, 2.45) is 0 Å². The Bertz CT molecular complexity index is 3940. The Morgan fingerprint density at radius 3 is 1.67 bits per heavy atom. The summed E-state index contributed by atoms with van der Waals surface area (Å²) in [6, 6.07) is 93.4. The zero-order chi connectivity index (χ0) is 44.3. The molecule has 11 aromatic carbocycles. The molecule has 0 fully saturated rings. The molecule has 67 heavy (non-hydrogen) atoms. The van der Waals surface area contributed by atoms with Crippen LogP contribution in [0.2, 0.25) is 0 Å². The van der Waals surface area contributed by atoms with Crippen molar-refractivity contribution in [1.82, 2.24) is 4.57 Å². The Hall–Kier alpha value is -8.50. The fourth-order valence-electron chi connectivity index (χ4n) is 10.1. The van der Waals surface area contributed by atoms with E-state index >= 15 is 0 Å². The van der Waals surface area contributed by atoms with Crippen molar-refractivity contribution in [3.05, 3.63) is 255 Å². The molecule has 0 unspecified atom stereocenters. The molecule has 0 amide bonds. The molecule has 2 aromatic heterocycles. The molecular weight excluding hydrogens is 829 g/mol. The normalized spacial score (nSPS) is 11.6. The summed E-state index contributed by atoms with van der Waals surface area (Å²) in [4.78, 5) is 2.45. The van der Waals surface area contributed by atoms with Crippen LogP contribution < -0.4 is 4.90 Å². The summed E-state index contributed by atoms with van der Waals surface area (Å²) in [7, 11) is 0. The van der Waals surface area contributed by atoms with Crippen LogP contribution in [-0.4, -0.2) is 4.57 Å². The van der Waals surface area contributed by atoms with Crippen molar-refractivity contribution >= 4 is 81.1 Å². The number of rotatable bonds is 8. The number of nitrogens with zero attached hydrogens (tertiary/aromatic N) is 2. The third kappa shape index (κ3) is 6.88. The number of hydrogen-bond acceptors (Lipinski definition) is 2. The van der Waals surface area contributed by atoms with Gasteiger partial charge in [0.15, 0.2) is 0 Å². The monoisotopic (exact) mass is 870 g/mol. The Morgan fingerprint density at radius 1 is 0.299 bits per heavy atom. The highest BCUT2D eigenvalue weighted by atomic mass is 32.1. The molecule has 0 bridgehead atoms. The van der Waals surface area contributed by atoms with E-state index in [-0.39, 0.29) is 0 Å². The lowest BCUT2D eigenvalue weighted by atomic mass is 9.95. The van der Waals surface area contributed by atoms with Gasteiger partial charge in [-0.05, 0) is 129 Å². The van der Waals surface area contributed by atoms with Gasteiger partial charge in [0.05, 0.1) is 16.7 Å². The molecule has 3 heteroatoms. The van der Waals surface area contributed by atoms with Gasteiger partial charge in [-0.2, -0.15) is 0 Å². The lowest BCUT2D eigenvalue weighted by Crippen LogP contribution is -2.11. The first kappa shape index (κ1) is 38.9. The van der Waals surface area contributed by atoms with Crippen LogP contribution in [0.3, 0.4) is 0 Å². The van der Waals surface area contributed by atoms with Gasteiger partial charge in [0.2, 0.25) is 0 Å². The van der Waals surface area contributed by atoms with Crippen LogP contribution in [0.1, 0.15) is 0 Å². The number of aromatic nitrogens is 1. The standard InChI is InChI=1S/C64H42N2S/c1-2-15-45(16-3-1)55-36-32-51(49-29-28-43-14-4-5-17-46(43)38-49)42-62(55)65(53-20-13-19-48(40-53)50-33-37-64-59(41-50)58-24-8-11-27-63(58)67-64)52-34-30-44(31-35-52)47-18-12-21-54(39-47)66-60-25-9-6-22-56(60)57-23-7-10-26-61(57)66/h1-42H. The summed E-state index contributed by atoms with van der Waals surface area (Å²) in [6.45, 7) is 0.